The van der Waals surface area contributed by atoms with Crippen molar-refractivity contribution in [3.63, 3.8) is 0 Å². The molecule has 3 heterocycles. The molecule has 2 aliphatic rings. The van der Waals surface area contributed by atoms with Gasteiger partial charge in [-0.1, -0.05) is 35.9 Å². The zero-order valence-corrected chi connectivity index (χ0v) is 17.7. The van der Waals surface area contributed by atoms with E-state index >= 15 is 0 Å². The number of hydrogen-bond acceptors (Lipinski definition) is 3. The number of aryl methyl sites for hydroxylation is 2. The lowest BCUT2D eigenvalue weighted by Gasteiger charge is -2.32. The number of benzene rings is 1. The summed E-state index contributed by atoms with van der Waals surface area (Å²) < 4.78 is 0. The van der Waals surface area contributed by atoms with Gasteiger partial charge in [0.15, 0.2) is 0 Å². The molecule has 0 saturated carbocycles. The van der Waals surface area contributed by atoms with E-state index in [9.17, 15) is 4.79 Å². The predicted molar refractivity (Wildman–Crippen MR) is 110 cm³/mol. The Morgan fingerprint density at radius 1 is 1.25 bits per heavy atom. The van der Waals surface area contributed by atoms with Crippen LogP contribution in [0.3, 0.4) is 0 Å². The Labute approximate surface area is 171 Å². The largest absolute Gasteiger partial charge is 0.331 e. The highest BCUT2D eigenvalue weighted by Crippen LogP contribution is 2.46. The molecule has 1 aromatic carbocycles. The van der Waals surface area contributed by atoms with Crippen LogP contribution in [-0.4, -0.2) is 64.7 Å². The molecule has 2 aliphatic heterocycles. The van der Waals surface area contributed by atoms with Gasteiger partial charge in [-0.25, -0.2) is 4.79 Å². The molecule has 2 saturated heterocycles. The quantitative estimate of drug-likeness (QED) is 0.856. The topological polar surface area (TPSA) is 55.5 Å². The maximum Gasteiger partial charge on any atom is 0.320 e. The molecule has 2 amide bonds. The standard InChI is InChI=1S/C21H28ClN5O/c1-13-7-5-6-8-16(13)20-17-11-26(12-18-19(22)14(2)23-24-18)9-15(17)10-27(20)21(28)25(3)4/h5-8,15,17,20H,9-12H2,1-4H3,(H,23,24)/t15-,17-,20+/m1/s1. The third-order valence-corrected chi connectivity index (χ3v) is 6.69. The van der Waals surface area contributed by atoms with Crippen LogP contribution in [0.2, 0.25) is 5.02 Å². The van der Waals surface area contributed by atoms with Gasteiger partial charge in [-0.2, -0.15) is 5.10 Å². The second-order valence-corrected chi connectivity index (χ2v) is 8.74. The number of likely N-dealkylation sites (tertiary alicyclic amines) is 2. The van der Waals surface area contributed by atoms with E-state index in [2.05, 4.69) is 51.2 Å². The van der Waals surface area contributed by atoms with Crippen molar-refractivity contribution in [2.45, 2.75) is 26.4 Å². The Kier molecular flexibility index (Phi) is 5.10. The fourth-order valence-corrected chi connectivity index (χ4v) is 4.96. The minimum absolute atomic E-state index is 0.0974. The molecule has 0 unspecified atom stereocenters. The molecule has 3 atom stereocenters. The van der Waals surface area contributed by atoms with Crippen molar-refractivity contribution in [1.29, 1.82) is 0 Å². The number of halogens is 1. The van der Waals surface area contributed by atoms with E-state index in [1.807, 2.05) is 21.0 Å². The second kappa shape index (κ2) is 7.41. The number of rotatable bonds is 3. The Balaban J connectivity index is 1.59. The highest BCUT2D eigenvalue weighted by atomic mass is 35.5. The molecule has 2 fully saturated rings. The maximum atomic E-state index is 12.9. The fourth-order valence-electron chi connectivity index (χ4n) is 4.82. The van der Waals surface area contributed by atoms with Crippen molar-refractivity contribution in [3.8, 4) is 0 Å². The van der Waals surface area contributed by atoms with Crippen LogP contribution >= 0.6 is 11.6 Å². The van der Waals surface area contributed by atoms with Crippen LogP contribution in [0.15, 0.2) is 24.3 Å². The van der Waals surface area contributed by atoms with Crippen molar-refractivity contribution in [2.24, 2.45) is 11.8 Å². The first-order valence-corrected chi connectivity index (χ1v) is 10.2. The number of carbonyl (C=O) groups excluding carboxylic acids is 1. The molecule has 0 spiro atoms. The van der Waals surface area contributed by atoms with Crippen molar-refractivity contribution in [3.05, 3.63) is 51.8 Å². The smallest absolute Gasteiger partial charge is 0.320 e. The average Bonchev–Trinajstić information content (AvgIpc) is 3.30. The van der Waals surface area contributed by atoms with E-state index in [4.69, 9.17) is 11.6 Å². The van der Waals surface area contributed by atoms with Gasteiger partial charge in [0.2, 0.25) is 0 Å². The highest BCUT2D eigenvalue weighted by Gasteiger charge is 2.49. The zero-order valence-electron chi connectivity index (χ0n) is 16.9. The van der Waals surface area contributed by atoms with Crippen molar-refractivity contribution < 1.29 is 4.79 Å². The number of hydrogen-bond donors (Lipinski definition) is 1. The molecular formula is C21H28ClN5O. The zero-order chi connectivity index (χ0) is 20.0. The summed E-state index contributed by atoms with van der Waals surface area (Å²) in [5.41, 5.74) is 4.33. The minimum atomic E-state index is 0.0974. The Hall–Kier alpha value is -2.05. The van der Waals surface area contributed by atoms with Gasteiger partial charge in [0, 0.05) is 46.2 Å². The summed E-state index contributed by atoms with van der Waals surface area (Å²) in [5.74, 6) is 0.885. The molecule has 0 radical (unpaired) electrons. The number of carbonyl (C=O) groups is 1. The molecule has 1 aromatic heterocycles. The molecule has 7 heteroatoms. The third-order valence-electron chi connectivity index (χ3n) is 6.19. The molecule has 150 valence electrons. The average molecular weight is 402 g/mol. The van der Waals surface area contributed by atoms with E-state index in [-0.39, 0.29) is 12.1 Å². The molecular weight excluding hydrogens is 374 g/mol. The number of amides is 2. The number of nitrogens with one attached hydrogen (secondary N) is 1. The van der Waals surface area contributed by atoms with Crippen LogP contribution in [-0.2, 0) is 6.54 Å². The lowest BCUT2D eigenvalue weighted by atomic mass is 9.88. The van der Waals surface area contributed by atoms with Crippen LogP contribution in [0.25, 0.3) is 0 Å². The van der Waals surface area contributed by atoms with Crippen LogP contribution in [0, 0.1) is 25.7 Å². The van der Waals surface area contributed by atoms with Crippen LogP contribution in [0.1, 0.15) is 28.6 Å². The summed E-state index contributed by atoms with van der Waals surface area (Å²) in [6.45, 7) is 7.54. The predicted octanol–water partition coefficient (Wildman–Crippen LogP) is 3.47. The SMILES string of the molecule is Cc1ccccc1[C@H]1[C@@H]2CN(Cc3n[nH]c(C)c3Cl)C[C@@H]2CN1C(=O)N(C)C. The molecule has 2 aromatic rings. The summed E-state index contributed by atoms with van der Waals surface area (Å²) in [6, 6.07) is 8.66. The first-order chi connectivity index (χ1) is 13.4. The van der Waals surface area contributed by atoms with Gasteiger partial charge in [0.05, 0.1) is 22.5 Å². The summed E-state index contributed by atoms with van der Waals surface area (Å²) >= 11 is 6.37. The Morgan fingerprint density at radius 2 is 2.00 bits per heavy atom. The van der Waals surface area contributed by atoms with Crippen LogP contribution in [0.4, 0.5) is 4.79 Å². The first-order valence-electron chi connectivity index (χ1n) is 9.82. The highest BCUT2D eigenvalue weighted by molar-refractivity contribution is 6.31. The van der Waals surface area contributed by atoms with Crippen molar-refractivity contribution >= 4 is 17.6 Å². The minimum Gasteiger partial charge on any atom is -0.331 e. The van der Waals surface area contributed by atoms with Crippen LogP contribution < -0.4 is 0 Å². The van der Waals surface area contributed by atoms with Crippen LogP contribution in [0.5, 0.6) is 0 Å². The van der Waals surface area contributed by atoms with Gasteiger partial charge >= 0.3 is 6.03 Å². The number of nitrogens with zero attached hydrogens (tertiary/aromatic N) is 4. The molecule has 0 bridgehead atoms. The number of aromatic amines is 1. The summed E-state index contributed by atoms with van der Waals surface area (Å²) in [6.07, 6.45) is 0. The number of aromatic nitrogens is 2. The molecule has 0 aliphatic carbocycles. The van der Waals surface area contributed by atoms with E-state index in [1.54, 1.807) is 4.90 Å². The van der Waals surface area contributed by atoms with Gasteiger partial charge in [-0.05, 0) is 30.9 Å². The summed E-state index contributed by atoms with van der Waals surface area (Å²) in [5, 5.41) is 8.06. The van der Waals surface area contributed by atoms with Gasteiger partial charge in [0.1, 0.15) is 0 Å². The fraction of sp³-hybridized carbons (Fsp3) is 0.524. The second-order valence-electron chi connectivity index (χ2n) is 8.36. The Morgan fingerprint density at radius 3 is 2.64 bits per heavy atom. The number of H-pyrrole nitrogens is 1. The van der Waals surface area contributed by atoms with Gasteiger partial charge in [-0.15, -0.1) is 0 Å². The molecule has 1 N–H and O–H groups in total. The van der Waals surface area contributed by atoms with Crippen molar-refractivity contribution in [2.75, 3.05) is 33.7 Å². The number of urea groups is 1. The monoisotopic (exact) mass is 401 g/mol. The molecule has 4 rings (SSSR count). The molecule has 6 nitrogen and oxygen atoms in total. The Bertz CT molecular complexity index is 879. The van der Waals surface area contributed by atoms with E-state index in [0.29, 0.717) is 11.8 Å². The van der Waals surface area contributed by atoms with Gasteiger partial charge in [-0.3, -0.25) is 10.00 Å². The van der Waals surface area contributed by atoms with E-state index in [0.717, 1.165) is 42.6 Å². The van der Waals surface area contributed by atoms with E-state index in [1.165, 1.54) is 11.1 Å². The van der Waals surface area contributed by atoms with Gasteiger partial charge < -0.3 is 9.80 Å². The number of fused-ring (bicyclic) bond motifs is 1. The summed E-state index contributed by atoms with van der Waals surface area (Å²) in [7, 11) is 3.67. The third kappa shape index (κ3) is 3.29. The first kappa shape index (κ1) is 19.3. The van der Waals surface area contributed by atoms with Gasteiger partial charge in [0.25, 0.3) is 0 Å². The maximum absolute atomic E-state index is 12.9. The normalized spacial score (nSPS) is 24.6. The van der Waals surface area contributed by atoms with E-state index < -0.39 is 0 Å². The lowest BCUT2D eigenvalue weighted by molar-refractivity contribution is 0.151. The summed E-state index contributed by atoms with van der Waals surface area (Å²) in [4.78, 5) is 19.1. The lowest BCUT2D eigenvalue weighted by Crippen LogP contribution is -2.41. The molecule has 28 heavy (non-hydrogen) atoms. The van der Waals surface area contributed by atoms with Crippen molar-refractivity contribution in [1.82, 2.24) is 24.9 Å².